The number of aryl methyl sites for hydroxylation is 1. The summed E-state index contributed by atoms with van der Waals surface area (Å²) in [5.74, 6) is -0.193. The number of carbonyl (C=O) groups excluding carboxylic acids is 1. The zero-order chi connectivity index (χ0) is 13.2. The molecular weight excluding hydrogens is 218 g/mol. The number of hydrogen-bond donors (Lipinski definition) is 2. The Morgan fingerprint density at radius 3 is 2.71 bits per heavy atom. The van der Waals surface area contributed by atoms with Crippen LogP contribution in [0.5, 0.6) is 0 Å². The molecule has 0 radical (unpaired) electrons. The Hall–Kier alpha value is -1.62. The van der Waals surface area contributed by atoms with Gasteiger partial charge in [-0.2, -0.15) is 0 Å². The number of carbonyl (C=O) groups is 1. The second kappa shape index (κ2) is 4.71. The number of rotatable bonds is 3. The first-order chi connectivity index (χ1) is 7.79. The Kier molecular flexibility index (Phi) is 3.72. The number of amides is 1. The second-order valence-corrected chi connectivity index (χ2v) is 4.74. The topological polar surface area (TPSA) is 79.5 Å². The first-order valence-corrected chi connectivity index (χ1v) is 5.40. The van der Waals surface area contributed by atoms with Crippen LogP contribution in [-0.2, 0) is 0 Å². The van der Waals surface area contributed by atoms with Gasteiger partial charge in [0.05, 0.1) is 35.3 Å². The number of anilines is 1. The van der Waals surface area contributed by atoms with E-state index in [1.165, 1.54) is 11.1 Å². The number of aliphatic hydroxyl groups excluding tert-OH is 1. The number of likely N-dealkylation sites (N-methyl/N-ethyl adjacent to an activating group) is 1. The zero-order valence-electron chi connectivity index (χ0n) is 10.7. The molecule has 0 saturated carbocycles. The van der Waals surface area contributed by atoms with Crippen molar-refractivity contribution in [1.29, 1.82) is 0 Å². The SMILES string of the molecule is Cc1ncc(N)cc1C(=O)N(C)C(C)(C)CO. The highest BCUT2D eigenvalue weighted by atomic mass is 16.3. The summed E-state index contributed by atoms with van der Waals surface area (Å²) < 4.78 is 0. The van der Waals surface area contributed by atoms with Gasteiger partial charge in [-0.25, -0.2) is 0 Å². The number of nitrogen functional groups attached to an aromatic ring is 1. The average Bonchev–Trinajstić information content (AvgIpc) is 2.30. The molecule has 0 aromatic carbocycles. The molecule has 0 saturated heterocycles. The molecule has 5 nitrogen and oxygen atoms in total. The summed E-state index contributed by atoms with van der Waals surface area (Å²) in [5, 5.41) is 9.25. The number of nitrogens with two attached hydrogens (primary N) is 1. The van der Waals surface area contributed by atoms with E-state index in [1.807, 2.05) is 0 Å². The van der Waals surface area contributed by atoms with Crippen LogP contribution >= 0.6 is 0 Å². The summed E-state index contributed by atoms with van der Waals surface area (Å²) in [4.78, 5) is 17.8. The molecule has 0 aliphatic heterocycles. The van der Waals surface area contributed by atoms with Crippen molar-refractivity contribution in [3.63, 3.8) is 0 Å². The molecule has 94 valence electrons. The van der Waals surface area contributed by atoms with E-state index in [-0.39, 0.29) is 12.5 Å². The van der Waals surface area contributed by atoms with E-state index in [1.54, 1.807) is 33.9 Å². The molecule has 0 aliphatic carbocycles. The Morgan fingerprint density at radius 2 is 2.18 bits per heavy atom. The normalized spacial score (nSPS) is 11.4. The van der Waals surface area contributed by atoms with Crippen LogP contribution in [0.4, 0.5) is 5.69 Å². The second-order valence-electron chi connectivity index (χ2n) is 4.74. The van der Waals surface area contributed by atoms with Crippen LogP contribution in [-0.4, -0.2) is 40.1 Å². The van der Waals surface area contributed by atoms with Gasteiger partial charge < -0.3 is 15.7 Å². The van der Waals surface area contributed by atoms with Crippen molar-refractivity contribution in [1.82, 2.24) is 9.88 Å². The number of hydrogen-bond acceptors (Lipinski definition) is 4. The minimum atomic E-state index is -0.617. The van der Waals surface area contributed by atoms with Crippen LogP contribution in [0.15, 0.2) is 12.3 Å². The lowest BCUT2D eigenvalue weighted by atomic mass is 10.0. The molecule has 0 bridgehead atoms. The first kappa shape index (κ1) is 13.4. The molecule has 0 atom stereocenters. The smallest absolute Gasteiger partial charge is 0.256 e. The highest BCUT2D eigenvalue weighted by molar-refractivity contribution is 5.96. The third-order valence-electron chi connectivity index (χ3n) is 2.94. The largest absolute Gasteiger partial charge is 0.397 e. The molecule has 0 aliphatic rings. The van der Waals surface area contributed by atoms with Crippen molar-refractivity contribution < 1.29 is 9.90 Å². The molecule has 0 spiro atoms. The highest BCUT2D eigenvalue weighted by Gasteiger charge is 2.28. The van der Waals surface area contributed by atoms with Gasteiger partial charge in [-0.3, -0.25) is 9.78 Å². The van der Waals surface area contributed by atoms with Crippen molar-refractivity contribution in [2.45, 2.75) is 26.3 Å². The van der Waals surface area contributed by atoms with Gasteiger partial charge in [0.1, 0.15) is 0 Å². The Balaban J connectivity index is 3.08. The molecular formula is C12H19N3O2. The summed E-state index contributed by atoms with van der Waals surface area (Å²) in [7, 11) is 1.65. The molecule has 1 aromatic heterocycles. The van der Waals surface area contributed by atoms with Crippen molar-refractivity contribution in [3.05, 3.63) is 23.5 Å². The van der Waals surface area contributed by atoms with E-state index in [0.717, 1.165) is 0 Å². The van der Waals surface area contributed by atoms with E-state index < -0.39 is 5.54 Å². The van der Waals surface area contributed by atoms with Gasteiger partial charge in [0.15, 0.2) is 0 Å². The van der Waals surface area contributed by atoms with Gasteiger partial charge in [-0.15, -0.1) is 0 Å². The lowest BCUT2D eigenvalue weighted by molar-refractivity contribution is 0.0472. The maximum absolute atomic E-state index is 12.2. The molecule has 0 fully saturated rings. The van der Waals surface area contributed by atoms with Gasteiger partial charge in [0.25, 0.3) is 5.91 Å². The molecule has 5 heteroatoms. The van der Waals surface area contributed by atoms with Gasteiger partial charge >= 0.3 is 0 Å². The number of nitrogens with zero attached hydrogens (tertiary/aromatic N) is 2. The molecule has 17 heavy (non-hydrogen) atoms. The highest BCUT2D eigenvalue weighted by Crippen LogP contribution is 2.18. The lowest BCUT2D eigenvalue weighted by Crippen LogP contribution is -2.47. The van der Waals surface area contributed by atoms with E-state index in [4.69, 9.17) is 5.73 Å². The Morgan fingerprint density at radius 1 is 1.59 bits per heavy atom. The minimum Gasteiger partial charge on any atom is -0.397 e. The summed E-state index contributed by atoms with van der Waals surface area (Å²) in [6.07, 6.45) is 1.52. The van der Waals surface area contributed by atoms with Gasteiger partial charge in [-0.05, 0) is 26.8 Å². The molecule has 1 rings (SSSR count). The van der Waals surface area contributed by atoms with Gasteiger partial charge in [0.2, 0.25) is 0 Å². The van der Waals surface area contributed by atoms with Crippen LogP contribution in [0.1, 0.15) is 29.9 Å². The Labute approximate surface area is 101 Å². The van der Waals surface area contributed by atoms with Crippen LogP contribution < -0.4 is 5.73 Å². The summed E-state index contributed by atoms with van der Waals surface area (Å²) in [5.41, 5.74) is 6.56. The monoisotopic (exact) mass is 237 g/mol. The maximum Gasteiger partial charge on any atom is 0.256 e. The average molecular weight is 237 g/mol. The fourth-order valence-corrected chi connectivity index (χ4v) is 1.33. The molecule has 1 aromatic rings. The maximum atomic E-state index is 12.2. The van der Waals surface area contributed by atoms with Crippen LogP contribution in [0.3, 0.4) is 0 Å². The molecule has 1 amide bonds. The quantitative estimate of drug-likeness (QED) is 0.815. The van der Waals surface area contributed by atoms with Crippen molar-refractivity contribution in [2.24, 2.45) is 0 Å². The number of pyridine rings is 1. The van der Waals surface area contributed by atoms with Crippen LogP contribution in [0.25, 0.3) is 0 Å². The van der Waals surface area contributed by atoms with E-state index in [0.29, 0.717) is 16.9 Å². The third-order valence-corrected chi connectivity index (χ3v) is 2.94. The van der Waals surface area contributed by atoms with Gasteiger partial charge in [-0.1, -0.05) is 0 Å². The number of aromatic nitrogens is 1. The van der Waals surface area contributed by atoms with Crippen molar-refractivity contribution >= 4 is 11.6 Å². The summed E-state index contributed by atoms with van der Waals surface area (Å²) in [6.45, 7) is 5.23. The zero-order valence-corrected chi connectivity index (χ0v) is 10.7. The lowest BCUT2D eigenvalue weighted by Gasteiger charge is -2.34. The van der Waals surface area contributed by atoms with E-state index in [9.17, 15) is 9.90 Å². The summed E-state index contributed by atoms with van der Waals surface area (Å²) in [6, 6.07) is 1.61. The number of aliphatic hydroxyl groups is 1. The van der Waals surface area contributed by atoms with E-state index in [2.05, 4.69) is 4.98 Å². The van der Waals surface area contributed by atoms with Crippen LogP contribution in [0.2, 0.25) is 0 Å². The Bertz CT molecular complexity index is 430. The van der Waals surface area contributed by atoms with Crippen molar-refractivity contribution in [3.8, 4) is 0 Å². The first-order valence-electron chi connectivity index (χ1n) is 5.40. The third kappa shape index (κ3) is 2.74. The predicted octanol–water partition coefficient (Wildman–Crippen LogP) is 0.815. The van der Waals surface area contributed by atoms with Crippen LogP contribution in [0, 0.1) is 6.92 Å². The minimum absolute atomic E-state index is 0.107. The standard InChI is InChI=1S/C12H19N3O2/c1-8-10(5-9(13)6-14-8)11(17)15(4)12(2,3)7-16/h5-6,16H,7,13H2,1-4H3. The molecule has 1 heterocycles. The molecule has 0 unspecified atom stereocenters. The van der Waals surface area contributed by atoms with Gasteiger partial charge in [0, 0.05) is 7.05 Å². The molecule has 3 N–H and O–H groups in total. The van der Waals surface area contributed by atoms with E-state index >= 15 is 0 Å². The van der Waals surface area contributed by atoms with Crippen molar-refractivity contribution in [2.75, 3.05) is 19.4 Å². The predicted molar refractivity (Wildman–Crippen MR) is 66.6 cm³/mol. The fraction of sp³-hybridized carbons (Fsp3) is 0.500. The fourth-order valence-electron chi connectivity index (χ4n) is 1.33. The summed E-state index contributed by atoms with van der Waals surface area (Å²) >= 11 is 0.